The number of aliphatic hydroxyl groups is 1. The van der Waals surface area contributed by atoms with Gasteiger partial charge in [0.25, 0.3) is 0 Å². The number of carbonyl (C=O) groups excluding carboxylic acids is 1. The maximum absolute atomic E-state index is 12.0. The summed E-state index contributed by atoms with van der Waals surface area (Å²) in [5.74, 6) is -0.211. The summed E-state index contributed by atoms with van der Waals surface area (Å²) in [4.78, 5) is 16.5. The Bertz CT molecular complexity index is 830. The van der Waals surface area contributed by atoms with Gasteiger partial charge in [-0.1, -0.05) is 38.3 Å². The predicted molar refractivity (Wildman–Crippen MR) is 134 cm³/mol. The van der Waals surface area contributed by atoms with Crippen LogP contribution in [0.3, 0.4) is 0 Å². The number of nitrogens with zero attached hydrogens (tertiary/aromatic N) is 1. The molecule has 1 N–H and O–H groups in total. The van der Waals surface area contributed by atoms with E-state index in [1.807, 2.05) is 19.9 Å². The number of benzene rings is 1. The van der Waals surface area contributed by atoms with Crippen molar-refractivity contribution in [2.45, 2.75) is 96.8 Å². The van der Waals surface area contributed by atoms with Crippen molar-refractivity contribution >= 4 is 23.0 Å². The second-order valence-corrected chi connectivity index (χ2v) is 10.4. The van der Waals surface area contributed by atoms with Crippen LogP contribution in [0.1, 0.15) is 98.4 Å². The third-order valence-electron chi connectivity index (χ3n) is 6.23. The van der Waals surface area contributed by atoms with Crippen molar-refractivity contribution < 1.29 is 14.6 Å². The molecule has 2 unspecified atom stereocenters. The zero-order valence-corrected chi connectivity index (χ0v) is 20.7. The third kappa shape index (κ3) is 7.08. The number of hydrogen-bond acceptors (Lipinski definition) is 5. The van der Waals surface area contributed by atoms with Gasteiger partial charge in [0.2, 0.25) is 0 Å². The van der Waals surface area contributed by atoms with E-state index in [4.69, 9.17) is 4.74 Å². The number of anilines is 1. The number of esters is 1. The average molecular weight is 458 g/mol. The number of carbonyl (C=O) groups is 1. The maximum Gasteiger partial charge on any atom is 0.348 e. The molecule has 1 aliphatic heterocycles. The lowest BCUT2D eigenvalue weighted by Crippen LogP contribution is -2.29. The van der Waals surface area contributed by atoms with Crippen molar-refractivity contribution in [1.29, 1.82) is 0 Å². The Morgan fingerprint density at radius 3 is 2.66 bits per heavy atom. The zero-order chi connectivity index (χ0) is 22.9. The Kier molecular flexibility index (Phi) is 9.61. The zero-order valence-electron chi connectivity index (χ0n) is 19.9. The van der Waals surface area contributed by atoms with Gasteiger partial charge in [-0.05, 0) is 82.2 Å². The van der Waals surface area contributed by atoms with Crippen molar-refractivity contribution in [3.05, 3.63) is 51.7 Å². The van der Waals surface area contributed by atoms with E-state index in [2.05, 4.69) is 42.2 Å². The van der Waals surface area contributed by atoms with Crippen LogP contribution in [-0.4, -0.2) is 29.8 Å². The molecule has 0 aliphatic carbocycles. The first-order valence-corrected chi connectivity index (χ1v) is 13.1. The van der Waals surface area contributed by atoms with Crippen LogP contribution in [0.4, 0.5) is 5.69 Å². The molecule has 0 saturated carbocycles. The molecule has 0 bridgehead atoms. The minimum atomic E-state index is -0.349. The first-order valence-electron chi connectivity index (χ1n) is 12.3. The lowest BCUT2D eigenvalue weighted by molar-refractivity contribution is 0.0384. The minimum absolute atomic E-state index is 0.0835. The van der Waals surface area contributed by atoms with Crippen LogP contribution < -0.4 is 4.90 Å². The Morgan fingerprint density at radius 1 is 1.16 bits per heavy atom. The summed E-state index contributed by atoms with van der Waals surface area (Å²) in [7, 11) is 0. The maximum atomic E-state index is 12.0. The van der Waals surface area contributed by atoms with Crippen molar-refractivity contribution in [3.8, 4) is 0 Å². The Hall–Kier alpha value is -1.85. The Balaban J connectivity index is 1.48. The van der Waals surface area contributed by atoms with E-state index in [9.17, 15) is 9.90 Å². The SMILES string of the molecule is CCCCCC(O)c1ccc(N2CCCC2CCCc2ccc(C(=O)OC(C)C)s2)cc1. The molecule has 32 heavy (non-hydrogen) atoms. The second kappa shape index (κ2) is 12.4. The number of aryl methyl sites for hydroxylation is 1. The highest BCUT2D eigenvalue weighted by Gasteiger charge is 2.24. The molecule has 3 rings (SSSR count). The number of aliphatic hydroxyl groups excluding tert-OH is 1. The number of ether oxygens (including phenoxy) is 1. The van der Waals surface area contributed by atoms with E-state index in [0.717, 1.165) is 44.2 Å². The fraction of sp³-hybridized carbons (Fsp3) is 0.593. The smallest absolute Gasteiger partial charge is 0.348 e. The molecule has 2 atom stereocenters. The molecule has 1 aromatic carbocycles. The van der Waals surface area contributed by atoms with Crippen LogP contribution in [0.5, 0.6) is 0 Å². The van der Waals surface area contributed by atoms with Gasteiger partial charge in [0, 0.05) is 23.2 Å². The number of hydrogen-bond donors (Lipinski definition) is 1. The summed E-state index contributed by atoms with van der Waals surface area (Å²) >= 11 is 1.56. The van der Waals surface area contributed by atoms with Crippen molar-refractivity contribution in [2.24, 2.45) is 0 Å². The first kappa shape index (κ1) is 24.8. The third-order valence-corrected chi connectivity index (χ3v) is 7.36. The Morgan fingerprint density at radius 2 is 1.94 bits per heavy atom. The standard InChI is InChI=1S/C27H39NO3S/c1-4-5-6-12-25(29)21-13-15-23(16-14-21)28-19-8-10-22(28)9-7-11-24-17-18-26(32-24)27(30)31-20(2)3/h13-18,20,22,25,29H,4-12,19H2,1-3H3. The summed E-state index contributed by atoms with van der Waals surface area (Å²) in [6, 6.07) is 13.1. The van der Waals surface area contributed by atoms with E-state index in [0.29, 0.717) is 10.9 Å². The monoisotopic (exact) mass is 457 g/mol. The molecule has 0 amide bonds. The normalized spacial score (nSPS) is 17.2. The Labute approximate surface area is 197 Å². The van der Waals surface area contributed by atoms with Crippen molar-refractivity contribution in [3.63, 3.8) is 0 Å². The fourth-order valence-electron chi connectivity index (χ4n) is 4.52. The summed E-state index contributed by atoms with van der Waals surface area (Å²) in [5.41, 5.74) is 2.30. The van der Waals surface area contributed by atoms with Gasteiger partial charge in [-0.25, -0.2) is 4.79 Å². The summed E-state index contributed by atoms with van der Waals surface area (Å²) < 4.78 is 5.29. The van der Waals surface area contributed by atoms with Crippen LogP contribution in [0.15, 0.2) is 36.4 Å². The molecule has 0 spiro atoms. The van der Waals surface area contributed by atoms with Crippen LogP contribution in [0.2, 0.25) is 0 Å². The van der Waals surface area contributed by atoms with Gasteiger partial charge in [-0.2, -0.15) is 0 Å². The van der Waals surface area contributed by atoms with Crippen LogP contribution in [0.25, 0.3) is 0 Å². The fourth-order valence-corrected chi connectivity index (χ4v) is 5.46. The van der Waals surface area contributed by atoms with Gasteiger partial charge in [0.05, 0.1) is 12.2 Å². The second-order valence-electron chi connectivity index (χ2n) is 9.20. The average Bonchev–Trinajstić information content (AvgIpc) is 3.43. The quantitative estimate of drug-likeness (QED) is 0.278. The largest absolute Gasteiger partial charge is 0.459 e. The van der Waals surface area contributed by atoms with E-state index < -0.39 is 0 Å². The number of unbranched alkanes of at least 4 members (excludes halogenated alkanes) is 2. The molecule has 0 radical (unpaired) electrons. The number of rotatable bonds is 12. The molecule has 2 heterocycles. The van der Waals surface area contributed by atoms with Gasteiger partial charge in [0.15, 0.2) is 0 Å². The molecule has 1 aromatic heterocycles. The number of thiophene rings is 1. The van der Waals surface area contributed by atoms with Crippen LogP contribution in [0, 0.1) is 0 Å². The van der Waals surface area contributed by atoms with Crippen molar-refractivity contribution in [1.82, 2.24) is 0 Å². The topological polar surface area (TPSA) is 49.8 Å². The summed E-state index contributed by atoms with van der Waals surface area (Å²) in [6.45, 7) is 7.05. The molecule has 2 aromatic rings. The van der Waals surface area contributed by atoms with Crippen LogP contribution >= 0.6 is 11.3 Å². The molecule has 176 valence electrons. The molecule has 1 saturated heterocycles. The van der Waals surface area contributed by atoms with E-state index in [1.54, 1.807) is 11.3 Å². The molecule has 1 aliphatic rings. The molecule has 5 heteroatoms. The lowest BCUT2D eigenvalue weighted by Gasteiger charge is -2.27. The highest BCUT2D eigenvalue weighted by molar-refractivity contribution is 7.13. The van der Waals surface area contributed by atoms with Crippen molar-refractivity contribution in [2.75, 3.05) is 11.4 Å². The van der Waals surface area contributed by atoms with Gasteiger partial charge in [-0.15, -0.1) is 11.3 Å². The van der Waals surface area contributed by atoms with E-state index >= 15 is 0 Å². The summed E-state index contributed by atoms with van der Waals surface area (Å²) in [6.07, 6.45) is 9.61. The predicted octanol–water partition coefficient (Wildman–Crippen LogP) is 6.92. The van der Waals surface area contributed by atoms with Gasteiger partial charge < -0.3 is 14.7 Å². The molecular formula is C27H39NO3S. The lowest BCUT2D eigenvalue weighted by atomic mass is 10.0. The highest BCUT2D eigenvalue weighted by Crippen LogP contribution is 2.31. The van der Waals surface area contributed by atoms with E-state index in [-0.39, 0.29) is 18.2 Å². The first-order chi connectivity index (χ1) is 15.5. The van der Waals surface area contributed by atoms with Gasteiger partial charge in [-0.3, -0.25) is 0 Å². The minimum Gasteiger partial charge on any atom is -0.459 e. The summed E-state index contributed by atoms with van der Waals surface area (Å²) in [5, 5.41) is 10.4. The van der Waals surface area contributed by atoms with Crippen LogP contribution in [-0.2, 0) is 11.2 Å². The van der Waals surface area contributed by atoms with E-state index in [1.165, 1.54) is 36.2 Å². The van der Waals surface area contributed by atoms with Gasteiger partial charge >= 0.3 is 5.97 Å². The molecule has 1 fully saturated rings. The molecule has 4 nitrogen and oxygen atoms in total. The molecular weight excluding hydrogens is 418 g/mol. The highest BCUT2D eigenvalue weighted by atomic mass is 32.1. The van der Waals surface area contributed by atoms with Gasteiger partial charge in [0.1, 0.15) is 4.88 Å².